The minimum absolute atomic E-state index is 0.886. The first kappa shape index (κ1) is 12.3. The molecule has 1 aromatic carbocycles. The average molecular weight is 204 g/mol. The molecule has 0 aliphatic carbocycles. The molecule has 15 heavy (non-hydrogen) atoms. The predicted molar refractivity (Wildman–Crippen MR) is 68.1 cm³/mol. The van der Waals surface area contributed by atoms with E-state index in [2.05, 4.69) is 44.2 Å². The molecule has 0 bridgehead atoms. The monoisotopic (exact) mass is 204 g/mol. The van der Waals surface area contributed by atoms with Gasteiger partial charge in [-0.25, -0.2) is 0 Å². The van der Waals surface area contributed by atoms with Crippen LogP contribution in [0.1, 0.15) is 51.5 Å². The third-order valence-electron chi connectivity index (χ3n) is 3.07. The predicted octanol–water partition coefficient (Wildman–Crippen LogP) is 4.84. The molecule has 0 heterocycles. The summed E-state index contributed by atoms with van der Waals surface area (Å²) in [5.74, 6) is 0.886. The molecule has 84 valence electrons. The van der Waals surface area contributed by atoms with Crippen LogP contribution >= 0.6 is 0 Å². The van der Waals surface area contributed by atoms with E-state index in [1.165, 1.54) is 44.1 Å². The van der Waals surface area contributed by atoms with Gasteiger partial charge in [-0.05, 0) is 24.3 Å². The third-order valence-corrected chi connectivity index (χ3v) is 3.07. The Bertz CT molecular complexity index is 237. The SMILES string of the molecule is CCCCCC(C)CCc1ccccc1. The summed E-state index contributed by atoms with van der Waals surface area (Å²) >= 11 is 0. The Balaban J connectivity index is 2.14. The first-order valence-corrected chi connectivity index (χ1v) is 6.37. The van der Waals surface area contributed by atoms with Crippen LogP contribution in [-0.2, 0) is 6.42 Å². The van der Waals surface area contributed by atoms with Crippen LogP contribution in [0, 0.1) is 5.92 Å². The Morgan fingerprint density at radius 3 is 2.40 bits per heavy atom. The van der Waals surface area contributed by atoms with Crippen LogP contribution in [0.5, 0.6) is 0 Å². The highest BCUT2D eigenvalue weighted by Gasteiger charge is 2.02. The molecule has 0 saturated carbocycles. The zero-order chi connectivity index (χ0) is 10.9. The van der Waals surface area contributed by atoms with Crippen LogP contribution in [0.4, 0.5) is 0 Å². The molecule has 1 unspecified atom stereocenters. The fraction of sp³-hybridized carbons (Fsp3) is 0.600. The molecule has 0 spiro atoms. The number of benzene rings is 1. The largest absolute Gasteiger partial charge is 0.0654 e. The van der Waals surface area contributed by atoms with Gasteiger partial charge in [0.05, 0.1) is 0 Å². The smallest absolute Gasteiger partial charge is 0.0276 e. The van der Waals surface area contributed by atoms with Crippen LogP contribution in [0.15, 0.2) is 30.3 Å². The summed E-state index contributed by atoms with van der Waals surface area (Å²) < 4.78 is 0. The van der Waals surface area contributed by atoms with Crippen LogP contribution in [0.2, 0.25) is 0 Å². The van der Waals surface area contributed by atoms with Crippen molar-refractivity contribution in [2.45, 2.75) is 52.4 Å². The summed E-state index contributed by atoms with van der Waals surface area (Å²) in [4.78, 5) is 0. The lowest BCUT2D eigenvalue weighted by atomic mass is 9.96. The van der Waals surface area contributed by atoms with E-state index in [-0.39, 0.29) is 0 Å². The molecule has 1 aromatic rings. The van der Waals surface area contributed by atoms with Crippen molar-refractivity contribution >= 4 is 0 Å². The van der Waals surface area contributed by atoms with Crippen molar-refractivity contribution < 1.29 is 0 Å². The molecule has 0 fully saturated rings. The van der Waals surface area contributed by atoms with Gasteiger partial charge < -0.3 is 0 Å². The lowest BCUT2D eigenvalue weighted by Gasteiger charge is -2.10. The van der Waals surface area contributed by atoms with Crippen LogP contribution < -0.4 is 0 Å². The zero-order valence-corrected chi connectivity index (χ0v) is 10.2. The van der Waals surface area contributed by atoms with Gasteiger partial charge >= 0.3 is 0 Å². The van der Waals surface area contributed by atoms with Crippen LogP contribution in [0.3, 0.4) is 0 Å². The molecule has 0 aliphatic rings. The summed E-state index contributed by atoms with van der Waals surface area (Å²) in [6, 6.07) is 10.8. The van der Waals surface area contributed by atoms with E-state index < -0.39 is 0 Å². The highest BCUT2D eigenvalue weighted by molar-refractivity contribution is 5.14. The van der Waals surface area contributed by atoms with Crippen molar-refractivity contribution in [1.29, 1.82) is 0 Å². The van der Waals surface area contributed by atoms with E-state index in [4.69, 9.17) is 0 Å². The molecule has 0 saturated heterocycles. The molecule has 0 heteroatoms. The maximum absolute atomic E-state index is 2.39. The zero-order valence-electron chi connectivity index (χ0n) is 10.2. The van der Waals surface area contributed by atoms with Gasteiger partial charge in [-0.15, -0.1) is 0 Å². The first-order chi connectivity index (χ1) is 7.33. The molecule has 0 aromatic heterocycles. The van der Waals surface area contributed by atoms with Crippen molar-refractivity contribution in [2.24, 2.45) is 5.92 Å². The van der Waals surface area contributed by atoms with Crippen LogP contribution in [0.25, 0.3) is 0 Å². The van der Waals surface area contributed by atoms with Crippen molar-refractivity contribution in [1.82, 2.24) is 0 Å². The Morgan fingerprint density at radius 2 is 1.73 bits per heavy atom. The number of unbranched alkanes of at least 4 members (excludes halogenated alkanes) is 2. The number of rotatable bonds is 7. The van der Waals surface area contributed by atoms with Gasteiger partial charge in [0.15, 0.2) is 0 Å². The number of hydrogen-bond donors (Lipinski definition) is 0. The van der Waals surface area contributed by atoms with Gasteiger partial charge in [0.25, 0.3) is 0 Å². The minimum Gasteiger partial charge on any atom is -0.0654 e. The molecule has 1 rings (SSSR count). The molecule has 0 amide bonds. The standard InChI is InChI=1S/C15H24/c1-3-4-6-9-14(2)12-13-15-10-7-5-8-11-15/h5,7-8,10-11,14H,3-4,6,9,12-13H2,1-2H3. The number of aryl methyl sites for hydroxylation is 1. The van der Waals surface area contributed by atoms with Crippen LogP contribution in [-0.4, -0.2) is 0 Å². The number of hydrogen-bond acceptors (Lipinski definition) is 0. The molecule has 1 atom stereocenters. The van der Waals surface area contributed by atoms with Crippen molar-refractivity contribution in [3.8, 4) is 0 Å². The highest BCUT2D eigenvalue weighted by Crippen LogP contribution is 2.15. The lowest BCUT2D eigenvalue weighted by Crippen LogP contribution is -1.97. The molecule has 0 nitrogen and oxygen atoms in total. The van der Waals surface area contributed by atoms with Gasteiger partial charge in [-0.1, -0.05) is 69.9 Å². The van der Waals surface area contributed by atoms with Gasteiger partial charge in [-0.3, -0.25) is 0 Å². The summed E-state index contributed by atoms with van der Waals surface area (Å²) in [5.41, 5.74) is 1.49. The summed E-state index contributed by atoms with van der Waals surface area (Å²) in [6.07, 6.45) is 8.13. The topological polar surface area (TPSA) is 0 Å². The Labute approximate surface area is 94.7 Å². The van der Waals surface area contributed by atoms with E-state index >= 15 is 0 Å². The second-order valence-electron chi connectivity index (χ2n) is 4.63. The fourth-order valence-electron chi connectivity index (χ4n) is 1.94. The highest BCUT2D eigenvalue weighted by atomic mass is 14.1. The maximum Gasteiger partial charge on any atom is -0.0276 e. The van der Waals surface area contributed by atoms with Gasteiger partial charge in [0.1, 0.15) is 0 Å². The second kappa shape index (κ2) is 7.50. The lowest BCUT2D eigenvalue weighted by molar-refractivity contribution is 0.464. The van der Waals surface area contributed by atoms with E-state index in [9.17, 15) is 0 Å². The summed E-state index contributed by atoms with van der Waals surface area (Å²) in [7, 11) is 0. The summed E-state index contributed by atoms with van der Waals surface area (Å²) in [5, 5.41) is 0. The van der Waals surface area contributed by atoms with E-state index in [0.29, 0.717) is 0 Å². The molecule has 0 radical (unpaired) electrons. The van der Waals surface area contributed by atoms with Crippen molar-refractivity contribution in [3.63, 3.8) is 0 Å². The third kappa shape index (κ3) is 5.61. The van der Waals surface area contributed by atoms with Gasteiger partial charge in [0.2, 0.25) is 0 Å². The summed E-state index contributed by atoms with van der Waals surface area (Å²) in [6.45, 7) is 4.66. The van der Waals surface area contributed by atoms with Crippen molar-refractivity contribution in [2.75, 3.05) is 0 Å². The second-order valence-corrected chi connectivity index (χ2v) is 4.63. The molecular formula is C15H24. The van der Waals surface area contributed by atoms with Gasteiger partial charge in [-0.2, -0.15) is 0 Å². The Hall–Kier alpha value is -0.780. The van der Waals surface area contributed by atoms with E-state index in [1.54, 1.807) is 0 Å². The fourth-order valence-corrected chi connectivity index (χ4v) is 1.94. The van der Waals surface area contributed by atoms with E-state index in [1.807, 2.05) is 0 Å². The molecular weight excluding hydrogens is 180 g/mol. The molecule has 0 aliphatic heterocycles. The maximum atomic E-state index is 2.39. The molecule has 0 N–H and O–H groups in total. The average Bonchev–Trinajstić information content (AvgIpc) is 2.28. The first-order valence-electron chi connectivity index (χ1n) is 6.37. The normalized spacial score (nSPS) is 12.7. The minimum atomic E-state index is 0.886. The Morgan fingerprint density at radius 1 is 1.00 bits per heavy atom. The van der Waals surface area contributed by atoms with Crippen molar-refractivity contribution in [3.05, 3.63) is 35.9 Å². The van der Waals surface area contributed by atoms with E-state index in [0.717, 1.165) is 5.92 Å². The quantitative estimate of drug-likeness (QED) is 0.558. The van der Waals surface area contributed by atoms with Gasteiger partial charge in [0, 0.05) is 0 Å². The Kier molecular flexibility index (Phi) is 6.15.